The molecular weight excluding hydrogens is 320 g/mol. The highest BCUT2D eigenvalue weighted by Crippen LogP contribution is 2.21. The number of rotatable bonds is 5. The molecule has 6 heteroatoms. The molecular formula is C18H26N4OS. The van der Waals surface area contributed by atoms with Gasteiger partial charge >= 0.3 is 0 Å². The number of piperidine rings is 1. The van der Waals surface area contributed by atoms with Crippen LogP contribution in [0.2, 0.25) is 0 Å². The van der Waals surface area contributed by atoms with Gasteiger partial charge in [-0.1, -0.05) is 6.92 Å². The molecule has 0 saturated carbocycles. The lowest BCUT2D eigenvalue weighted by molar-refractivity contribution is -0.134. The zero-order chi connectivity index (χ0) is 17.1. The van der Waals surface area contributed by atoms with Gasteiger partial charge in [0, 0.05) is 17.6 Å². The molecule has 0 bridgehead atoms. The number of carbonyl (C=O) groups is 1. The maximum Gasteiger partial charge on any atom is 0.228 e. The van der Waals surface area contributed by atoms with Crippen molar-refractivity contribution >= 4 is 17.2 Å². The normalized spacial score (nSPS) is 18.1. The van der Waals surface area contributed by atoms with E-state index < -0.39 is 0 Å². The lowest BCUT2D eigenvalue weighted by atomic mass is 10.0. The molecule has 3 rings (SSSR count). The fourth-order valence-electron chi connectivity index (χ4n) is 3.43. The van der Waals surface area contributed by atoms with E-state index in [0.717, 1.165) is 54.4 Å². The number of likely N-dealkylation sites (tertiary alicyclic amines) is 1. The minimum Gasteiger partial charge on any atom is -0.338 e. The Balaban J connectivity index is 1.69. The summed E-state index contributed by atoms with van der Waals surface area (Å²) in [6.07, 6.45) is 4.69. The van der Waals surface area contributed by atoms with E-state index in [1.807, 2.05) is 17.0 Å². The molecule has 130 valence electrons. The zero-order valence-corrected chi connectivity index (χ0v) is 15.6. The molecule has 2 aromatic rings. The Morgan fingerprint density at radius 2 is 2.21 bits per heavy atom. The first-order valence-electron chi connectivity index (χ1n) is 8.80. The first-order chi connectivity index (χ1) is 11.6. The van der Waals surface area contributed by atoms with Crippen molar-refractivity contribution in [2.45, 2.75) is 65.5 Å². The van der Waals surface area contributed by atoms with Gasteiger partial charge in [0.25, 0.3) is 0 Å². The predicted octanol–water partition coefficient (Wildman–Crippen LogP) is 3.14. The van der Waals surface area contributed by atoms with Crippen LogP contribution in [0.5, 0.6) is 0 Å². The summed E-state index contributed by atoms with van der Waals surface area (Å²) in [6.45, 7) is 7.84. The summed E-state index contributed by atoms with van der Waals surface area (Å²) in [5, 5.41) is 7.70. The molecule has 5 nitrogen and oxygen atoms in total. The number of thiazole rings is 1. The molecule has 3 heterocycles. The summed E-state index contributed by atoms with van der Waals surface area (Å²) in [4.78, 5) is 19.4. The van der Waals surface area contributed by atoms with E-state index in [1.165, 1.54) is 6.42 Å². The highest BCUT2D eigenvalue weighted by Gasteiger charge is 2.28. The summed E-state index contributed by atoms with van der Waals surface area (Å²) in [5.41, 5.74) is 3.12. The minimum atomic E-state index is 0.203. The molecule has 0 radical (unpaired) electrons. The van der Waals surface area contributed by atoms with E-state index in [-0.39, 0.29) is 11.9 Å². The number of carbonyl (C=O) groups excluding carboxylic acids is 1. The maximum atomic E-state index is 12.8. The fraction of sp³-hybridized carbons (Fsp3) is 0.611. The van der Waals surface area contributed by atoms with Gasteiger partial charge in [-0.25, -0.2) is 4.98 Å². The van der Waals surface area contributed by atoms with Gasteiger partial charge in [-0.15, -0.1) is 11.3 Å². The van der Waals surface area contributed by atoms with Crippen molar-refractivity contribution in [3.8, 4) is 0 Å². The third kappa shape index (κ3) is 3.86. The number of aryl methyl sites for hydroxylation is 3. The van der Waals surface area contributed by atoms with Crippen LogP contribution in [0.1, 0.15) is 48.3 Å². The van der Waals surface area contributed by atoms with Crippen LogP contribution in [0.15, 0.2) is 11.4 Å². The molecule has 2 aromatic heterocycles. The third-order valence-corrected chi connectivity index (χ3v) is 5.71. The van der Waals surface area contributed by atoms with Crippen molar-refractivity contribution in [2.24, 2.45) is 0 Å². The highest BCUT2D eigenvalue weighted by molar-refractivity contribution is 7.09. The van der Waals surface area contributed by atoms with Gasteiger partial charge in [-0.05, 0) is 45.6 Å². The maximum absolute atomic E-state index is 12.8. The van der Waals surface area contributed by atoms with Crippen LogP contribution >= 0.6 is 11.3 Å². The Bertz CT molecular complexity index is 706. The zero-order valence-electron chi connectivity index (χ0n) is 14.8. The van der Waals surface area contributed by atoms with Crippen LogP contribution in [-0.4, -0.2) is 38.2 Å². The monoisotopic (exact) mass is 346 g/mol. The van der Waals surface area contributed by atoms with Crippen molar-refractivity contribution in [3.05, 3.63) is 33.5 Å². The van der Waals surface area contributed by atoms with Gasteiger partial charge in [0.15, 0.2) is 0 Å². The lowest BCUT2D eigenvalue weighted by Crippen LogP contribution is -2.46. The lowest BCUT2D eigenvalue weighted by Gasteiger charge is -2.36. The van der Waals surface area contributed by atoms with Crippen molar-refractivity contribution in [3.63, 3.8) is 0 Å². The van der Waals surface area contributed by atoms with Gasteiger partial charge in [-0.2, -0.15) is 5.10 Å². The summed E-state index contributed by atoms with van der Waals surface area (Å²) in [5.74, 6) is 0.203. The second-order valence-electron chi connectivity index (χ2n) is 6.61. The number of amides is 1. The van der Waals surface area contributed by atoms with Crippen molar-refractivity contribution in [1.29, 1.82) is 0 Å². The summed E-state index contributed by atoms with van der Waals surface area (Å²) >= 11 is 1.65. The molecule has 1 aliphatic heterocycles. The molecule has 0 aromatic carbocycles. The van der Waals surface area contributed by atoms with Crippen LogP contribution in [0.25, 0.3) is 0 Å². The van der Waals surface area contributed by atoms with E-state index >= 15 is 0 Å². The number of nitrogens with zero attached hydrogens (tertiary/aromatic N) is 4. The largest absolute Gasteiger partial charge is 0.338 e. The second-order valence-corrected chi connectivity index (χ2v) is 7.55. The van der Waals surface area contributed by atoms with Crippen molar-refractivity contribution in [2.75, 3.05) is 6.54 Å². The second kappa shape index (κ2) is 7.47. The van der Waals surface area contributed by atoms with E-state index in [0.29, 0.717) is 6.42 Å². The molecule has 24 heavy (non-hydrogen) atoms. The van der Waals surface area contributed by atoms with E-state index in [9.17, 15) is 4.79 Å². The Morgan fingerprint density at radius 3 is 2.88 bits per heavy atom. The molecule has 0 spiro atoms. The molecule has 0 aliphatic carbocycles. The number of hydrogen-bond acceptors (Lipinski definition) is 4. The Labute approximate surface area is 147 Å². The summed E-state index contributed by atoms with van der Waals surface area (Å²) in [7, 11) is 0. The first kappa shape index (κ1) is 17.1. The van der Waals surface area contributed by atoms with E-state index in [2.05, 4.69) is 34.9 Å². The average Bonchev–Trinajstić information content (AvgIpc) is 3.14. The smallest absolute Gasteiger partial charge is 0.228 e. The van der Waals surface area contributed by atoms with Crippen LogP contribution in [0.4, 0.5) is 0 Å². The highest BCUT2D eigenvalue weighted by atomic mass is 32.1. The Hall–Kier alpha value is -1.69. The quantitative estimate of drug-likeness (QED) is 0.836. The molecule has 1 fully saturated rings. The molecule has 1 aliphatic rings. The van der Waals surface area contributed by atoms with Gasteiger partial charge in [-0.3, -0.25) is 9.48 Å². The third-order valence-electron chi connectivity index (χ3n) is 4.67. The van der Waals surface area contributed by atoms with Crippen molar-refractivity contribution < 1.29 is 4.79 Å². The standard InChI is InChI=1S/C18H26N4OS/c1-4-17-19-15(12-24-17)10-18(23)21-8-6-5-7-16(21)11-22-14(3)9-13(2)20-22/h9,12,16H,4-8,10-11H2,1-3H3/t16-/m1/s1. The van der Waals surface area contributed by atoms with Crippen LogP contribution in [0.3, 0.4) is 0 Å². The molecule has 1 saturated heterocycles. The van der Waals surface area contributed by atoms with Gasteiger partial charge in [0.05, 0.1) is 35.4 Å². The van der Waals surface area contributed by atoms with E-state index in [1.54, 1.807) is 11.3 Å². The number of hydrogen-bond donors (Lipinski definition) is 0. The molecule has 1 amide bonds. The van der Waals surface area contributed by atoms with Crippen molar-refractivity contribution in [1.82, 2.24) is 19.7 Å². The average molecular weight is 346 g/mol. The first-order valence-corrected chi connectivity index (χ1v) is 9.68. The summed E-state index contributed by atoms with van der Waals surface area (Å²) in [6, 6.07) is 2.34. The van der Waals surface area contributed by atoms with Gasteiger partial charge in [0.1, 0.15) is 0 Å². The van der Waals surface area contributed by atoms with E-state index in [4.69, 9.17) is 0 Å². The van der Waals surface area contributed by atoms with Crippen LogP contribution in [-0.2, 0) is 24.2 Å². The van der Waals surface area contributed by atoms with Crippen LogP contribution < -0.4 is 0 Å². The van der Waals surface area contributed by atoms with Gasteiger partial charge < -0.3 is 4.90 Å². The number of aromatic nitrogens is 3. The topological polar surface area (TPSA) is 51.0 Å². The Morgan fingerprint density at radius 1 is 1.38 bits per heavy atom. The Kier molecular flexibility index (Phi) is 5.33. The predicted molar refractivity (Wildman–Crippen MR) is 96.2 cm³/mol. The van der Waals surface area contributed by atoms with Gasteiger partial charge in [0.2, 0.25) is 5.91 Å². The molecule has 0 N–H and O–H groups in total. The molecule has 0 unspecified atom stereocenters. The molecule has 1 atom stereocenters. The SMILES string of the molecule is CCc1nc(CC(=O)N2CCCC[C@@H]2Cn2nc(C)cc2C)cs1. The fourth-order valence-corrected chi connectivity index (χ4v) is 4.17. The van der Waals surface area contributed by atoms with Crippen LogP contribution in [0, 0.1) is 13.8 Å². The summed E-state index contributed by atoms with van der Waals surface area (Å²) < 4.78 is 2.05. The minimum absolute atomic E-state index is 0.203.